The minimum absolute atomic E-state index is 0.112. The molecule has 1 fully saturated rings. The standard InChI is InChI=1S/C18H24N2O3S/c1-4-6-15(21)20(11-13-7-5-10-23-13)18-19-16-14(22-3)9-8-12(2)17(16)24-18/h8-9,13H,4-7,10-11H2,1-3H3. The van der Waals surface area contributed by atoms with Crippen molar-refractivity contribution in [3.8, 4) is 5.75 Å². The number of carbonyl (C=O) groups excluding carboxylic acids is 1. The number of thiazole rings is 1. The molecule has 1 aliphatic heterocycles. The molecule has 1 aliphatic rings. The average molecular weight is 348 g/mol. The van der Waals surface area contributed by atoms with Crippen LogP contribution in [0.1, 0.15) is 38.2 Å². The fraction of sp³-hybridized carbons (Fsp3) is 0.556. The first-order chi connectivity index (χ1) is 11.6. The van der Waals surface area contributed by atoms with Crippen LogP contribution in [0.25, 0.3) is 10.2 Å². The first kappa shape index (κ1) is 17.2. The van der Waals surface area contributed by atoms with E-state index in [9.17, 15) is 4.79 Å². The van der Waals surface area contributed by atoms with Crippen molar-refractivity contribution in [1.82, 2.24) is 4.98 Å². The molecule has 1 atom stereocenters. The van der Waals surface area contributed by atoms with E-state index >= 15 is 0 Å². The summed E-state index contributed by atoms with van der Waals surface area (Å²) in [6.45, 7) is 5.45. The fourth-order valence-electron chi connectivity index (χ4n) is 3.01. The highest BCUT2D eigenvalue weighted by atomic mass is 32.1. The molecule has 1 saturated heterocycles. The quantitative estimate of drug-likeness (QED) is 0.794. The van der Waals surface area contributed by atoms with Gasteiger partial charge in [0.2, 0.25) is 5.91 Å². The lowest BCUT2D eigenvalue weighted by atomic mass is 10.2. The van der Waals surface area contributed by atoms with Crippen LogP contribution in [0.4, 0.5) is 5.13 Å². The van der Waals surface area contributed by atoms with Crippen LogP contribution < -0.4 is 9.64 Å². The van der Waals surface area contributed by atoms with Crippen LogP contribution in [0.5, 0.6) is 5.75 Å². The van der Waals surface area contributed by atoms with Crippen LogP contribution in [-0.2, 0) is 9.53 Å². The van der Waals surface area contributed by atoms with Crippen molar-refractivity contribution in [2.75, 3.05) is 25.2 Å². The van der Waals surface area contributed by atoms with E-state index in [0.717, 1.165) is 52.5 Å². The van der Waals surface area contributed by atoms with E-state index in [2.05, 4.69) is 6.92 Å². The lowest BCUT2D eigenvalue weighted by molar-refractivity contribution is -0.119. The summed E-state index contributed by atoms with van der Waals surface area (Å²) in [7, 11) is 1.65. The zero-order chi connectivity index (χ0) is 17.1. The number of rotatable bonds is 6. The molecule has 24 heavy (non-hydrogen) atoms. The molecule has 6 heteroatoms. The molecule has 0 aliphatic carbocycles. The van der Waals surface area contributed by atoms with Gasteiger partial charge in [0.15, 0.2) is 5.13 Å². The van der Waals surface area contributed by atoms with Gasteiger partial charge in [0.1, 0.15) is 11.3 Å². The van der Waals surface area contributed by atoms with Gasteiger partial charge in [-0.25, -0.2) is 4.98 Å². The third-order valence-corrected chi connectivity index (χ3v) is 5.53. The van der Waals surface area contributed by atoms with Gasteiger partial charge in [-0.15, -0.1) is 0 Å². The fourth-order valence-corrected chi connectivity index (χ4v) is 4.08. The Morgan fingerprint density at radius 2 is 2.33 bits per heavy atom. The number of hydrogen-bond acceptors (Lipinski definition) is 5. The Bertz CT molecular complexity index is 722. The van der Waals surface area contributed by atoms with Gasteiger partial charge in [-0.2, -0.15) is 0 Å². The lowest BCUT2D eigenvalue weighted by Crippen LogP contribution is -2.37. The number of benzene rings is 1. The van der Waals surface area contributed by atoms with Crippen LogP contribution in [0, 0.1) is 6.92 Å². The minimum Gasteiger partial charge on any atom is -0.494 e. The molecule has 1 aromatic heterocycles. The number of amides is 1. The number of hydrogen-bond donors (Lipinski definition) is 0. The Morgan fingerprint density at radius 1 is 1.50 bits per heavy atom. The van der Waals surface area contributed by atoms with Gasteiger partial charge < -0.3 is 9.47 Å². The second kappa shape index (κ2) is 7.49. The number of ether oxygens (including phenoxy) is 2. The maximum atomic E-state index is 12.7. The topological polar surface area (TPSA) is 51.7 Å². The molecular formula is C18H24N2O3S. The summed E-state index contributed by atoms with van der Waals surface area (Å²) < 4.78 is 12.2. The summed E-state index contributed by atoms with van der Waals surface area (Å²) in [5.74, 6) is 0.863. The first-order valence-electron chi connectivity index (χ1n) is 8.50. The van der Waals surface area contributed by atoms with E-state index in [-0.39, 0.29) is 12.0 Å². The molecule has 1 amide bonds. The average Bonchev–Trinajstić information content (AvgIpc) is 3.23. The van der Waals surface area contributed by atoms with Crippen molar-refractivity contribution in [3.05, 3.63) is 17.7 Å². The molecule has 1 unspecified atom stereocenters. The molecule has 3 rings (SSSR count). The molecule has 2 heterocycles. The predicted octanol–water partition coefficient (Wildman–Crippen LogP) is 3.93. The van der Waals surface area contributed by atoms with E-state index in [1.165, 1.54) is 0 Å². The Balaban J connectivity index is 1.98. The van der Waals surface area contributed by atoms with Crippen LogP contribution in [0.3, 0.4) is 0 Å². The van der Waals surface area contributed by atoms with E-state index in [4.69, 9.17) is 14.5 Å². The largest absolute Gasteiger partial charge is 0.494 e. The second-order valence-corrected chi connectivity index (χ2v) is 7.13. The van der Waals surface area contributed by atoms with Gasteiger partial charge in [0.05, 0.1) is 24.5 Å². The summed E-state index contributed by atoms with van der Waals surface area (Å²) in [6.07, 6.45) is 3.53. The van der Waals surface area contributed by atoms with Gasteiger partial charge in [0, 0.05) is 13.0 Å². The van der Waals surface area contributed by atoms with E-state index in [0.29, 0.717) is 13.0 Å². The van der Waals surface area contributed by atoms with Crippen molar-refractivity contribution in [2.45, 2.75) is 45.6 Å². The maximum absolute atomic E-state index is 12.7. The summed E-state index contributed by atoms with van der Waals surface area (Å²) >= 11 is 1.56. The van der Waals surface area contributed by atoms with Gasteiger partial charge in [-0.3, -0.25) is 9.69 Å². The lowest BCUT2D eigenvalue weighted by Gasteiger charge is -2.22. The predicted molar refractivity (Wildman–Crippen MR) is 97.1 cm³/mol. The highest BCUT2D eigenvalue weighted by Crippen LogP contribution is 2.37. The van der Waals surface area contributed by atoms with E-state index in [1.54, 1.807) is 18.4 Å². The molecule has 0 radical (unpaired) electrons. The molecule has 2 aromatic rings. The van der Waals surface area contributed by atoms with Crippen molar-refractivity contribution >= 4 is 32.6 Å². The molecule has 0 bridgehead atoms. The summed E-state index contributed by atoms with van der Waals surface area (Å²) in [5.41, 5.74) is 1.98. The highest BCUT2D eigenvalue weighted by Gasteiger charge is 2.26. The number of aromatic nitrogens is 1. The van der Waals surface area contributed by atoms with Crippen LogP contribution >= 0.6 is 11.3 Å². The summed E-state index contributed by atoms with van der Waals surface area (Å²) in [5, 5.41) is 0.742. The van der Waals surface area contributed by atoms with E-state index in [1.807, 2.05) is 24.0 Å². The van der Waals surface area contributed by atoms with Crippen molar-refractivity contribution in [1.29, 1.82) is 0 Å². The van der Waals surface area contributed by atoms with Gasteiger partial charge in [-0.1, -0.05) is 24.3 Å². The molecule has 0 N–H and O–H groups in total. The smallest absolute Gasteiger partial charge is 0.228 e. The molecular weight excluding hydrogens is 324 g/mol. The van der Waals surface area contributed by atoms with Crippen LogP contribution in [0.15, 0.2) is 12.1 Å². The van der Waals surface area contributed by atoms with Crippen molar-refractivity contribution < 1.29 is 14.3 Å². The SMILES string of the molecule is CCCC(=O)N(CC1CCCO1)c1nc2c(OC)ccc(C)c2s1. The molecule has 0 spiro atoms. The highest BCUT2D eigenvalue weighted by molar-refractivity contribution is 7.22. The number of carbonyl (C=O) groups is 1. The zero-order valence-corrected chi connectivity index (χ0v) is 15.3. The summed E-state index contributed by atoms with van der Waals surface area (Å²) in [4.78, 5) is 19.2. The van der Waals surface area contributed by atoms with Gasteiger partial charge in [-0.05, 0) is 37.8 Å². The Hall–Kier alpha value is -1.66. The number of fused-ring (bicyclic) bond motifs is 1. The number of aryl methyl sites for hydroxylation is 1. The Labute approximate surface area is 146 Å². The van der Waals surface area contributed by atoms with Crippen LogP contribution in [0.2, 0.25) is 0 Å². The van der Waals surface area contributed by atoms with E-state index < -0.39 is 0 Å². The van der Waals surface area contributed by atoms with Crippen molar-refractivity contribution in [3.63, 3.8) is 0 Å². The number of nitrogens with zero attached hydrogens (tertiary/aromatic N) is 2. The molecule has 130 valence electrons. The minimum atomic E-state index is 0.112. The van der Waals surface area contributed by atoms with Crippen LogP contribution in [-0.4, -0.2) is 37.3 Å². The Kier molecular flexibility index (Phi) is 5.36. The summed E-state index contributed by atoms with van der Waals surface area (Å²) in [6, 6.07) is 3.96. The first-order valence-corrected chi connectivity index (χ1v) is 9.31. The van der Waals surface area contributed by atoms with Gasteiger partial charge >= 0.3 is 0 Å². The maximum Gasteiger partial charge on any atom is 0.228 e. The number of methoxy groups -OCH3 is 1. The monoisotopic (exact) mass is 348 g/mol. The third kappa shape index (κ3) is 3.39. The van der Waals surface area contributed by atoms with Crippen molar-refractivity contribution in [2.24, 2.45) is 0 Å². The second-order valence-electron chi connectivity index (χ2n) is 6.15. The molecule has 5 nitrogen and oxygen atoms in total. The molecule has 1 aromatic carbocycles. The Morgan fingerprint density at radius 3 is 3.00 bits per heavy atom. The normalized spacial score (nSPS) is 17.4. The third-order valence-electron chi connectivity index (χ3n) is 4.32. The number of anilines is 1. The zero-order valence-electron chi connectivity index (χ0n) is 14.5. The van der Waals surface area contributed by atoms with Gasteiger partial charge in [0.25, 0.3) is 0 Å². The molecule has 0 saturated carbocycles.